The minimum Gasteiger partial charge on any atom is -0.462 e. The average molecular weight is 340 g/mol. The molecule has 3 heterocycles. The highest BCUT2D eigenvalue weighted by molar-refractivity contribution is 7.91. The van der Waals surface area contributed by atoms with Crippen molar-refractivity contribution in [3.63, 3.8) is 0 Å². The van der Waals surface area contributed by atoms with Crippen LogP contribution in [0.3, 0.4) is 0 Å². The van der Waals surface area contributed by atoms with E-state index in [-0.39, 0.29) is 6.54 Å². The van der Waals surface area contributed by atoms with Crippen molar-refractivity contribution in [1.82, 2.24) is 9.71 Å². The summed E-state index contributed by atoms with van der Waals surface area (Å²) in [4.78, 5) is 5.29. The Hall–Kier alpha value is -1.48. The maximum Gasteiger partial charge on any atom is 0.250 e. The van der Waals surface area contributed by atoms with Crippen LogP contribution in [0.5, 0.6) is 0 Å². The van der Waals surface area contributed by atoms with E-state index in [0.717, 1.165) is 15.6 Å². The number of hydrogen-bond acceptors (Lipinski definition) is 6. The van der Waals surface area contributed by atoms with E-state index in [4.69, 9.17) is 4.42 Å². The molecule has 0 amide bonds. The molecule has 0 fully saturated rings. The number of nitrogens with zero attached hydrogens (tertiary/aromatic N) is 1. The molecule has 0 spiro atoms. The number of aromatic nitrogens is 1. The van der Waals surface area contributed by atoms with E-state index in [1.165, 1.54) is 22.7 Å². The van der Waals surface area contributed by atoms with Gasteiger partial charge >= 0.3 is 0 Å². The molecule has 0 bridgehead atoms. The lowest BCUT2D eigenvalue weighted by Gasteiger charge is -2.03. The van der Waals surface area contributed by atoms with Crippen molar-refractivity contribution in [2.45, 2.75) is 17.7 Å². The number of sulfonamides is 1. The van der Waals surface area contributed by atoms with Gasteiger partial charge in [-0.1, -0.05) is 6.07 Å². The van der Waals surface area contributed by atoms with E-state index in [9.17, 15) is 8.42 Å². The van der Waals surface area contributed by atoms with Crippen molar-refractivity contribution in [3.05, 3.63) is 46.5 Å². The molecule has 21 heavy (non-hydrogen) atoms. The summed E-state index contributed by atoms with van der Waals surface area (Å²) in [6.45, 7) is 2.09. The van der Waals surface area contributed by atoms with E-state index >= 15 is 0 Å². The molecule has 3 aromatic rings. The Kier molecular flexibility index (Phi) is 3.94. The Balaban J connectivity index is 1.77. The lowest BCUT2D eigenvalue weighted by atomic mass is 10.4. The largest absolute Gasteiger partial charge is 0.462 e. The Labute approximate surface area is 130 Å². The molecule has 0 atom stereocenters. The Morgan fingerprint density at radius 1 is 1.33 bits per heavy atom. The van der Waals surface area contributed by atoms with Gasteiger partial charge in [-0.15, -0.1) is 22.7 Å². The number of thiazole rings is 1. The van der Waals surface area contributed by atoms with Crippen molar-refractivity contribution in [1.29, 1.82) is 0 Å². The van der Waals surface area contributed by atoms with Crippen LogP contribution < -0.4 is 4.72 Å². The number of thiophene rings is 1. The molecule has 0 aliphatic heterocycles. The van der Waals surface area contributed by atoms with Gasteiger partial charge in [0.2, 0.25) is 10.0 Å². The highest BCUT2D eigenvalue weighted by Gasteiger charge is 2.17. The zero-order valence-electron chi connectivity index (χ0n) is 11.1. The third-order valence-electron chi connectivity index (χ3n) is 2.81. The maximum absolute atomic E-state index is 12.1. The van der Waals surface area contributed by atoms with Gasteiger partial charge < -0.3 is 4.42 Å². The first-order chi connectivity index (χ1) is 10.1. The fourth-order valence-electron chi connectivity index (χ4n) is 1.75. The second kappa shape index (κ2) is 5.72. The summed E-state index contributed by atoms with van der Waals surface area (Å²) in [5, 5.41) is 2.49. The van der Waals surface area contributed by atoms with Crippen molar-refractivity contribution < 1.29 is 12.8 Å². The van der Waals surface area contributed by atoms with Crippen LogP contribution in [-0.2, 0) is 16.6 Å². The minimum absolute atomic E-state index is 0.227. The molecule has 0 aliphatic rings. The number of aryl methyl sites for hydroxylation is 1. The minimum atomic E-state index is -3.45. The summed E-state index contributed by atoms with van der Waals surface area (Å²) in [7, 11) is -3.45. The van der Waals surface area contributed by atoms with E-state index < -0.39 is 10.0 Å². The molecule has 1 N–H and O–H groups in total. The normalized spacial score (nSPS) is 11.9. The van der Waals surface area contributed by atoms with Gasteiger partial charge in [-0.25, -0.2) is 18.1 Å². The van der Waals surface area contributed by atoms with Gasteiger partial charge in [0.05, 0.1) is 12.0 Å². The summed E-state index contributed by atoms with van der Waals surface area (Å²) in [5.41, 5.74) is 0.806. The number of rotatable bonds is 5. The van der Waals surface area contributed by atoms with Crippen LogP contribution in [0.1, 0.15) is 10.6 Å². The quantitative estimate of drug-likeness (QED) is 0.774. The van der Waals surface area contributed by atoms with E-state index in [2.05, 4.69) is 9.71 Å². The van der Waals surface area contributed by atoms with Crippen LogP contribution in [-0.4, -0.2) is 13.4 Å². The molecule has 3 aromatic heterocycles. The highest BCUT2D eigenvalue weighted by atomic mass is 32.2. The van der Waals surface area contributed by atoms with Crippen molar-refractivity contribution in [2.24, 2.45) is 0 Å². The van der Waals surface area contributed by atoms with Gasteiger partial charge in [0, 0.05) is 11.4 Å². The molecule has 8 heteroatoms. The molecule has 5 nitrogen and oxygen atoms in total. The van der Waals surface area contributed by atoms with Crippen LogP contribution in [0.4, 0.5) is 0 Å². The van der Waals surface area contributed by atoms with Gasteiger partial charge in [0.15, 0.2) is 10.8 Å². The summed E-state index contributed by atoms with van der Waals surface area (Å²) < 4.78 is 32.4. The smallest absolute Gasteiger partial charge is 0.250 e. The first-order valence-corrected chi connectivity index (χ1v) is 9.27. The summed E-state index contributed by atoms with van der Waals surface area (Å²) in [6.07, 6.45) is 1.59. The van der Waals surface area contributed by atoms with Gasteiger partial charge in [-0.3, -0.25) is 0 Å². The molecule has 3 rings (SSSR count). The van der Waals surface area contributed by atoms with Gasteiger partial charge in [0.1, 0.15) is 4.21 Å². The fourth-order valence-corrected chi connectivity index (χ4v) is 4.84. The highest BCUT2D eigenvalue weighted by Crippen LogP contribution is 2.28. The van der Waals surface area contributed by atoms with Gasteiger partial charge in [-0.2, -0.15) is 0 Å². The summed E-state index contributed by atoms with van der Waals surface area (Å²) >= 11 is 2.62. The van der Waals surface area contributed by atoms with E-state index in [0.29, 0.717) is 9.97 Å². The molecule has 0 saturated heterocycles. The number of nitrogens with one attached hydrogen (secondary N) is 1. The molecule has 0 aliphatic carbocycles. The second-order valence-electron chi connectivity index (χ2n) is 4.26. The summed E-state index contributed by atoms with van der Waals surface area (Å²) in [5.74, 6) is 0.690. The standard InChI is InChI=1S/C13H12N2O3S3/c1-9-11(20-13(15-9)10-4-2-6-18-10)8-14-21(16,17)12-5-3-7-19-12/h2-7,14H,8H2,1H3. The van der Waals surface area contributed by atoms with Gasteiger partial charge in [0.25, 0.3) is 0 Å². The lowest BCUT2D eigenvalue weighted by Crippen LogP contribution is -2.22. The first kappa shape index (κ1) is 14.5. The lowest BCUT2D eigenvalue weighted by molar-refractivity contribution is 0.581. The molecular formula is C13H12N2O3S3. The van der Waals surface area contributed by atoms with Crippen molar-refractivity contribution in [3.8, 4) is 10.8 Å². The van der Waals surface area contributed by atoms with Crippen LogP contribution >= 0.6 is 22.7 Å². The Bertz CT molecular complexity index is 818. The Morgan fingerprint density at radius 2 is 2.19 bits per heavy atom. The third-order valence-corrected chi connectivity index (χ3v) is 6.78. The number of furan rings is 1. The molecule has 110 valence electrons. The Morgan fingerprint density at radius 3 is 2.86 bits per heavy atom. The van der Waals surface area contributed by atoms with Gasteiger partial charge in [-0.05, 0) is 30.5 Å². The topological polar surface area (TPSA) is 72.2 Å². The zero-order valence-corrected chi connectivity index (χ0v) is 13.5. The monoisotopic (exact) mass is 340 g/mol. The van der Waals surface area contributed by atoms with Crippen molar-refractivity contribution in [2.75, 3.05) is 0 Å². The van der Waals surface area contributed by atoms with Crippen LogP contribution in [0.25, 0.3) is 10.8 Å². The maximum atomic E-state index is 12.1. The van der Waals surface area contributed by atoms with E-state index in [1.54, 1.807) is 29.8 Å². The van der Waals surface area contributed by atoms with Crippen LogP contribution in [0, 0.1) is 6.92 Å². The SMILES string of the molecule is Cc1nc(-c2ccco2)sc1CNS(=O)(=O)c1cccs1. The van der Waals surface area contributed by atoms with E-state index in [1.807, 2.05) is 13.0 Å². The molecule has 0 aromatic carbocycles. The summed E-state index contributed by atoms with van der Waals surface area (Å²) in [6, 6.07) is 6.93. The molecule has 0 radical (unpaired) electrons. The van der Waals surface area contributed by atoms with Crippen molar-refractivity contribution >= 4 is 32.7 Å². The second-order valence-corrected chi connectivity index (χ2v) is 8.29. The first-order valence-electron chi connectivity index (χ1n) is 6.09. The third kappa shape index (κ3) is 3.08. The van der Waals surface area contributed by atoms with Crippen LogP contribution in [0.2, 0.25) is 0 Å². The zero-order chi connectivity index (χ0) is 14.9. The molecule has 0 unspecified atom stereocenters. The fraction of sp³-hybridized carbons (Fsp3) is 0.154. The molecular weight excluding hydrogens is 328 g/mol. The predicted molar refractivity (Wildman–Crippen MR) is 82.9 cm³/mol. The number of hydrogen-bond donors (Lipinski definition) is 1. The molecule has 0 saturated carbocycles. The predicted octanol–water partition coefficient (Wildman–Crippen LogP) is 3.25. The van der Waals surface area contributed by atoms with Crippen LogP contribution in [0.15, 0.2) is 44.5 Å². The average Bonchev–Trinajstić information content (AvgIpc) is 3.18.